The van der Waals surface area contributed by atoms with Gasteiger partial charge in [0.2, 0.25) is 0 Å². The lowest BCUT2D eigenvalue weighted by Gasteiger charge is -2.36. The summed E-state index contributed by atoms with van der Waals surface area (Å²) >= 11 is 1.61. The van der Waals surface area contributed by atoms with Crippen molar-refractivity contribution < 1.29 is 36.0 Å². The number of benzene rings is 5. The van der Waals surface area contributed by atoms with Crippen molar-refractivity contribution in [1.82, 2.24) is 14.5 Å². The van der Waals surface area contributed by atoms with Crippen LogP contribution >= 0.6 is 11.8 Å². The van der Waals surface area contributed by atoms with E-state index in [1.54, 1.807) is 36.0 Å². The van der Waals surface area contributed by atoms with Crippen molar-refractivity contribution in [2.75, 3.05) is 62.8 Å². The molecule has 0 radical (unpaired) electrons. The number of rotatable bonds is 17. The first kappa shape index (κ1) is 43.9. The molecule has 17 heteroatoms. The quantitative estimate of drug-likeness (QED) is 0.0533. The monoisotopic (exact) mass is 862 g/mol. The van der Waals surface area contributed by atoms with Crippen LogP contribution in [-0.4, -0.2) is 94.0 Å². The van der Waals surface area contributed by atoms with Gasteiger partial charge in [-0.15, -0.1) is 24.9 Å². The highest BCUT2D eigenvalue weighted by molar-refractivity contribution is 7.99. The van der Waals surface area contributed by atoms with Gasteiger partial charge in [-0.1, -0.05) is 54.6 Å². The van der Waals surface area contributed by atoms with Crippen LogP contribution in [0.2, 0.25) is 0 Å². The van der Waals surface area contributed by atoms with Gasteiger partial charge >= 0.3 is 6.36 Å². The fraction of sp³-hybridized carbons (Fsp3) is 0.279. The number of carbonyl (C=O) groups excluding carboxylic acids is 1. The van der Waals surface area contributed by atoms with Gasteiger partial charge in [0, 0.05) is 66.7 Å². The molecule has 1 aliphatic rings. The van der Waals surface area contributed by atoms with Crippen molar-refractivity contribution in [3.8, 4) is 16.9 Å². The molecular formula is C43H45F3N6O6S2. The van der Waals surface area contributed by atoms with Crippen molar-refractivity contribution in [1.29, 1.82) is 0 Å². The highest BCUT2D eigenvalue weighted by atomic mass is 32.2. The number of amides is 1. The maximum Gasteiger partial charge on any atom is 0.573 e. The highest BCUT2D eigenvalue weighted by Gasteiger charge is 2.31. The van der Waals surface area contributed by atoms with Gasteiger partial charge in [-0.3, -0.25) is 19.8 Å². The Labute approximate surface area is 351 Å². The van der Waals surface area contributed by atoms with E-state index in [-0.39, 0.29) is 23.0 Å². The number of hydrogen-bond acceptors (Lipinski definition) is 11. The number of hydrogen-bond donors (Lipinski definition) is 2. The normalized spacial score (nSPS) is 14.1. The molecule has 0 aromatic heterocycles. The lowest BCUT2D eigenvalue weighted by Crippen LogP contribution is -2.46. The van der Waals surface area contributed by atoms with Crippen LogP contribution < -0.4 is 19.7 Å². The molecule has 0 bridgehead atoms. The highest BCUT2D eigenvalue weighted by Crippen LogP contribution is 2.32. The zero-order valence-electron chi connectivity index (χ0n) is 33.0. The molecule has 1 saturated heterocycles. The molecule has 0 spiro atoms. The Bertz CT molecular complexity index is 2340. The number of nitro groups is 1. The predicted octanol–water partition coefficient (Wildman–Crippen LogP) is 8.13. The molecule has 0 saturated carbocycles. The number of halogens is 3. The number of carbonyl (C=O) groups is 1. The van der Waals surface area contributed by atoms with E-state index in [0.29, 0.717) is 31.8 Å². The molecule has 0 unspecified atom stereocenters. The molecule has 1 fully saturated rings. The number of alkyl halides is 3. The summed E-state index contributed by atoms with van der Waals surface area (Å²) in [4.78, 5) is 31.8. The smallest absolute Gasteiger partial charge is 0.406 e. The number of piperazine rings is 1. The molecule has 6 rings (SSSR count). The molecule has 1 atom stereocenters. The number of anilines is 2. The number of nitrogens with one attached hydrogen (secondary N) is 2. The fourth-order valence-corrected chi connectivity index (χ4v) is 8.73. The number of nitro benzene ring substituents is 1. The first-order valence-corrected chi connectivity index (χ1v) is 21.6. The topological polar surface area (TPSA) is 137 Å². The fourth-order valence-electron chi connectivity index (χ4n) is 6.74. The minimum atomic E-state index is -4.76. The molecule has 5 aromatic carbocycles. The maximum atomic E-state index is 13.4. The molecule has 0 aliphatic carbocycles. The van der Waals surface area contributed by atoms with Crippen LogP contribution in [0.1, 0.15) is 22.3 Å². The summed E-state index contributed by atoms with van der Waals surface area (Å²) in [5, 5.41) is 15.4. The van der Waals surface area contributed by atoms with E-state index in [2.05, 4.69) is 24.6 Å². The van der Waals surface area contributed by atoms with Crippen molar-refractivity contribution in [3.05, 3.63) is 143 Å². The molecule has 1 heterocycles. The van der Waals surface area contributed by atoms with Gasteiger partial charge in [-0.2, -0.15) is 0 Å². The van der Waals surface area contributed by atoms with Gasteiger partial charge in [0.05, 0.1) is 9.82 Å². The minimum absolute atomic E-state index is 0.100. The first-order chi connectivity index (χ1) is 28.6. The number of sulfonamides is 1. The molecule has 1 amide bonds. The Balaban J connectivity index is 1.05. The van der Waals surface area contributed by atoms with Crippen LogP contribution in [0.4, 0.5) is 30.2 Å². The number of thioether (sulfide) groups is 1. The Morgan fingerprint density at radius 1 is 0.900 bits per heavy atom. The summed E-state index contributed by atoms with van der Waals surface area (Å²) in [5.41, 5.74) is 3.42. The summed E-state index contributed by atoms with van der Waals surface area (Å²) in [6.07, 6.45) is -4.08. The van der Waals surface area contributed by atoms with Gasteiger partial charge < -0.3 is 19.9 Å². The third-order valence-corrected chi connectivity index (χ3v) is 12.4. The average molecular weight is 863 g/mol. The zero-order valence-corrected chi connectivity index (χ0v) is 34.6. The SMILES string of the molecule is CN(C)CC[C@H](CSc1ccccc1)Nc1ccc(S(=O)(=O)NC(=O)c2ccc(N3CCN(Cc4ccccc4-c4ccc(OC(F)(F)F)cc4)CC3)cc2)cc1[N+](=O)[O-]. The van der Waals surface area contributed by atoms with Crippen LogP contribution in [0.25, 0.3) is 11.1 Å². The van der Waals surface area contributed by atoms with Crippen molar-refractivity contribution in [3.63, 3.8) is 0 Å². The van der Waals surface area contributed by atoms with Crippen molar-refractivity contribution in [2.24, 2.45) is 0 Å². The third-order valence-electron chi connectivity index (χ3n) is 9.86. The molecule has 316 valence electrons. The summed E-state index contributed by atoms with van der Waals surface area (Å²) in [6.45, 7) is 4.15. The van der Waals surface area contributed by atoms with Crippen LogP contribution in [-0.2, 0) is 16.6 Å². The second-order valence-electron chi connectivity index (χ2n) is 14.5. The van der Waals surface area contributed by atoms with Crippen LogP contribution in [0.5, 0.6) is 5.75 Å². The average Bonchev–Trinajstić information content (AvgIpc) is 3.22. The molecular weight excluding hydrogens is 818 g/mol. The van der Waals surface area contributed by atoms with Gasteiger partial charge in [-0.25, -0.2) is 13.1 Å². The van der Waals surface area contributed by atoms with E-state index < -0.39 is 37.8 Å². The van der Waals surface area contributed by atoms with Gasteiger partial charge in [-0.05, 0) is 104 Å². The zero-order chi connectivity index (χ0) is 42.9. The maximum absolute atomic E-state index is 13.4. The van der Waals surface area contributed by atoms with Crippen LogP contribution in [0.3, 0.4) is 0 Å². The Kier molecular flexibility index (Phi) is 14.4. The van der Waals surface area contributed by atoms with Crippen molar-refractivity contribution in [2.45, 2.75) is 35.2 Å². The Morgan fingerprint density at radius 3 is 2.22 bits per heavy atom. The summed E-state index contributed by atoms with van der Waals surface area (Å²) in [5.74, 6) is -0.541. The minimum Gasteiger partial charge on any atom is -0.406 e. The predicted molar refractivity (Wildman–Crippen MR) is 228 cm³/mol. The summed E-state index contributed by atoms with van der Waals surface area (Å²) < 4.78 is 70.7. The lowest BCUT2D eigenvalue weighted by atomic mass is 9.99. The first-order valence-electron chi connectivity index (χ1n) is 19.1. The largest absolute Gasteiger partial charge is 0.573 e. The van der Waals surface area contributed by atoms with E-state index in [1.807, 2.05) is 73.6 Å². The second kappa shape index (κ2) is 19.6. The molecule has 12 nitrogen and oxygen atoms in total. The van der Waals surface area contributed by atoms with Crippen molar-refractivity contribution >= 4 is 44.8 Å². The van der Waals surface area contributed by atoms with E-state index >= 15 is 0 Å². The van der Waals surface area contributed by atoms with E-state index in [1.165, 1.54) is 36.4 Å². The summed E-state index contributed by atoms with van der Waals surface area (Å²) in [6, 6.07) is 33.3. The van der Waals surface area contributed by atoms with Crippen LogP contribution in [0, 0.1) is 10.1 Å². The van der Waals surface area contributed by atoms with Gasteiger partial charge in [0.15, 0.2) is 0 Å². The van der Waals surface area contributed by atoms with Gasteiger partial charge in [0.1, 0.15) is 11.4 Å². The molecule has 1 aliphatic heterocycles. The van der Waals surface area contributed by atoms with Crippen LogP contribution in [0.15, 0.2) is 131 Å². The number of nitrogens with zero attached hydrogens (tertiary/aromatic N) is 4. The Morgan fingerprint density at radius 2 is 1.57 bits per heavy atom. The second-order valence-corrected chi connectivity index (χ2v) is 17.2. The third kappa shape index (κ3) is 12.2. The molecule has 2 N–H and O–H groups in total. The molecule has 5 aromatic rings. The van der Waals surface area contributed by atoms with E-state index in [0.717, 1.165) is 53.0 Å². The number of ether oxygens (including phenoxy) is 1. The van der Waals surface area contributed by atoms with E-state index in [4.69, 9.17) is 0 Å². The summed E-state index contributed by atoms with van der Waals surface area (Å²) in [7, 11) is -0.591. The van der Waals surface area contributed by atoms with Gasteiger partial charge in [0.25, 0.3) is 21.6 Å². The standard InChI is InChI=1S/C43H45F3N6O6S2/c1-49(2)23-22-34(30-59-37-9-4-3-5-10-37)47-40-21-20-38(28-41(40)52(54)55)60(56,57)48-42(53)32-12-16-35(17-13-32)51-26-24-50(25-27-51)29-33-8-6-7-11-39(33)31-14-18-36(19-15-31)58-43(44,45)46/h3-21,28,34,47H,22-27,29-30H2,1-2H3,(H,48,53)/t34-/m1/s1. The Hall–Kier alpha value is -5.62. The van der Waals surface area contributed by atoms with E-state index in [9.17, 15) is 36.5 Å². The molecule has 60 heavy (non-hydrogen) atoms. The lowest BCUT2D eigenvalue weighted by molar-refractivity contribution is -0.384.